The minimum absolute atomic E-state index is 0.170. The van der Waals surface area contributed by atoms with E-state index < -0.39 is 5.60 Å². The van der Waals surface area contributed by atoms with E-state index in [9.17, 15) is 5.11 Å². The number of hydrogen-bond donors (Lipinski definition) is 1. The van der Waals surface area contributed by atoms with Crippen LogP contribution in [0.25, 0.3) is 0 Å². The molecule has 1 aromatic rings. The first kappa shape index (κ1) is 13.5. The van der Waals surface area contributed by atoms with Gasteiger partial charge in [-0.25, -0.2) is 0 Å². The first-order valence-corrected chi connectivity index (χ1v) is 7.72. The van der Waals surface area contributed by atoms with Crippen LogP contribution >= 0.6 is 27.3 Å². The number of aliphatic hydroxyl groups is 1. The van der Waals surface area contributed by atoms with Crippen molar-refractivity contribution in [1.29, 1.82) is 0 Å². The highest BCUT2D eigenvalue weighted by molar-refractivity contribution is 9.10. The fraction of sp³-hybridized carbons (Fsp3) is 0.692. The molecular formula is C13H19BrO2S. The molecule has 2 nitrogen and oxygen atoms in total. The van der Waals surface area contributed by atoms with E-state index in [-0.39, 0.29) is 5.60 Å². The van der Waals surface area contributed by atoms with Gasteiger partial charge in [0.1, 0.15) is 0 Å². The molecular weight excluding hydrogens is 300 g/mol. The van der Waals surface area contributed by atoms with Crippen molar-refractivity contribution in [3.63, 3.8) is 0 Å². The average Bonchev–Trinajstić information content (AvgIpc) is 2.63. The van der Waals surface area contributed by atoms with E-state index >= 15 is 0 Å². The first-order valence-electron chi connectivity index (χ1n) is 6.05. The van der Waals surface area contributed by atoms with Crippen molar-refractivity contribution in [3.8, 4) is 0 Å². The van der Waals surface area contributed by atoms with Gasteiger partial charge >= 0.3 is 0 Å². The molecule has 2 heterocycles. The van der Waals surface area contributed by atoms with E-state index in [1.165, 1.54) is 4.88 Å². The lowest BCUT2D eigenvalue weighted by atomic mass is 9.79. The SMILES string of the molecule is CCC1(C)CC(O)(Cc2sccc2Br)CCO1. The molecule has 1 aliphatic rings. The van der Waals surface area contributed by atoms with Gasteiger partial charge in [0.25, 0.3) is 0 Å². The van der Waals surface area contributed by atoms with Gasteiger partial charge < -0.3 is 9.84 Å². The normalized spacial score (nSPS) is 33.9. The van der Waals surface area contributed by atoms with Crippen LogP contribution in [0.2, 0.25) is 0 Å². The maximum absolute atomic E-state index is 10.7. The van der Waals surface area contributed by atoms with Gasteiger partial charge in [0.2, 0.25) is 0 Å². The third-order valence-corrected chi connectivity index (χ3v) is 5.58. The third-order valence-electron chi connectivity index (χ3n) is 3.65. The maximum Gasteiger partial charge on any atom is 0.0745 e. The molecule has 0 amide bonds. The van der Waals surface area contributed by atoms with Gasteiger partial charge in [0, 0.05) is 22.2 Å². The first-order chi connectivity index (χ1) is 7.96. The predicted octanol–water partition coefficient (Wildman–Crippen LogP) is 3.76. The number of rotatable bonds is 3. The van der Waals surface area contributed by atoms with Crippen molar-refractivity contribution < 1.29 is 9.84 Å². The quantitative estimate of drug-likeness (QED) is 0.919. The summed E-state index contributed by atoms with van der Waals surface area (Å²) in [5.41, 5.74) is -0.785. The number of thiophene rings is 1. The zero-order valence-corrected chi connectivity index (χ0v) is 12.7. The minimum atomic E-state index is -0.615. The van der Waals surface area contributed by atoms with Gasteiger partial charge in [-0.05, 0) is 47.1 Å². The highest BCUT2D eigenvalue weighted by atomic mass is 79.9. The molecule has 1 N–H and O–H groups in total. The summed E-state index contributed by atoms with van der Waals surface area (Å²) in [5, 5.41) is 12.8. The van der Waals surface area contributed by atoms with E-state index in [4.69, 9.17) is 4.74 Å². The molecule has 1 saturated heterocycles. The summed E-state index contributed by atoms with van der Waals surface area (Å²) in [5.74, 6) is 0. The van der Waals surface area contributed by atoms with Gasteiger partial charge in [-0.1, -0.05) is 6.92 Å². The fourth-order valence-corrected chi connectivity index (χ4v) is 4.08. The van der Waals surface area contributed by atoms with Crippen LogP contribution in [0.5, 0.6) is 0 Å². The predicted molar refractivity (Wildman–Crippen MR) is 74.6 cm³/mol. The van der Waals surface area contributed by atoms with Gasteiger partial charge in [-0.3, -0.25) is 0 Å². The van der Waals surface area contributed by atoms with Crippen molar-refractivity contribution >= 4 is 27.3 Å². The molecule has 4 heteroatoms. The summed E-state index contributed by atoms with van der Waals surface area (Å²) in [6, 6.07) is 2.04. The summed E-state index contributed by atoms with van der Waals surface area (Å²) < 4.78 is 6.90. The summed E-state index contributed by atoms with van der Waals surface area (Å²) >= 11 is 5.23. The summed E-state index contributed by atoms with van der Waals surface area (Å²) in [7, 11) is 0. The summed E-state index contributed by atoms with van der Waals surface area (Å²) in [6.45, 7) is 4.87. The highest BCUT2D eigenvalue weighted by Gasteiger charge is 2.41. The Morgan fingerprint density at radius 2 is 2.35 bits per heavy atom. The topological polar surface area (TPSA) is 29.5 Å². The minimum Gasteiger partial charge on any atom is -0.389 e. The molecule has 1 aromatic heterocycles. The van der Waals surface area contributed by atoms with Gasteiger partial charge in [-0.15, -0.1) is 11.3 Å². The smallest absolute Gasteiger partial charge is 0.0745 e. The van der Waals surface area contributed by atoms with E-state index in [0.717, 1.165) is 30.2 Å². The zero-order valence-electron chi connectivity index (χ0n) is 10.3. The van der Waals surface area contributed by atoms with Gasteiger partial charge in [0.05, 0.1) is 17.8 Å². The molecule has 2 rings (SSSR count). The molecule has 96 valence electrons. The highest BCUT2D eigenvalue weighted by Crippen LogP contribution is 2.38. The van der Waals surface area contributed by atoms with Gasteiger partial charge in [0.15, 0.2) is 0 Å². The van der Waals surface area contributed by atoms with E-state index in [0.29, 0.717) is 6.61 Å². The van der Waals surface area contributed by atoms with Crippen molar-refractivity contribution in [3.05, 3.63) is 20.8 Å². The molecule has 0 saturated carbocycles. The van der Waals surface area contributed by atoms with Crippen LogP contribution in [0.15, 0.2) is 15.9 Å². The standard InChI is InChI=1S/C13H19BrO2S/c1-3-12(2)9-13(15,5-6-16-12)8-11-10(14)4-7-17-11/h4,7,15H,3,5-6,8-9H2,1-2H3. The zero-order chi connectivity index (χ0) is 12.5. The van der Waals surface area contributed by atoms with Gasteiger partial charge in [-0.2, -0.15) is 0 Å². The van der Waals surface area contributed by atoms with Crippen molar-refractivity contribution in [2.75, 3.05) is 6.61 Å². The summed E-state index contributed by atoms with van der Waals surface area (Å²) in [6.07, 6.45) is 3.12. The molecule has 1 aliphatic heterocycles. The molecule has 2 atom stereocenters. The summed E-state index contributed by atoms with van der Waals surface area (Å²) in [4.78, 5) is 1.23. The molecule has 2 unspecified atom stereocenters. The molecule has 0 radical (unpaired) electrons. The van der Waals surface area contributed by atoms with E-state index in [2.05, 4.69) is 35.2 Å². The van der Waals surface area contributed by atoms with Crippen molar-refractivity contribution in [2.24, 2.45) is 0 Å². The van der Waals surface area contributed by atoms with Crippen LogP contribution in [-0.4, -0.2) is 22.9 Å². The fourth-order valence-electron chi connectivity index (χ4n) is 2.45. The Hall–Kier alpha value is 0.1000. The second-order valence-electron chi connectivity index (χ2n) is 5.17. The molecule has 0 spiro atoms. The molecule has 17 heavy (non-hydrogen) atoms. The molecule has 0 aliphatic carbocycles. The largest absolute Gasteiger partial charge is 0.389 e. The third kappa shape index (κ3) is 3.11. The lowest BCUT2D eigenvalue weighted by Gasteiger charge is -2.43. The Balaban J connectivity index is 2.11. The van der Waals surface area contributed by atoms with Crippen LogP contribution in [0.4, 0.5) is 0 Å². The second-order valence-corrected chi connectivity index (χ2v) is 7.03. The second kappa shape index (κ2) is 5.00. The number of halogens is 1. The van der Waals surface area contributed by atoms with E-state index in [1.54, 1.807) is 11.3 Å². The average molecular weight is 319 g/mol. The van der Waals surface area contributed by atoms with Crippen molar-refractivity contribution in [1.82, 2.24) is 0 Å². The Labute approximate surface area is 115 Å². The van der Waals surface area contributed by atoms with Crippen LogP contribution < -0.4 is 0 Å². The monoisotopic (exact) mass is 318 g/mol. The number of ether oxygens (including phenoxy) is 1. The molecule has 0 bridgehead atoms. The van der Waals surface area contributed by atoms with Crippen LogP contribution in [0.1, 0.15) is 38.0 Å². The van der Waals surface area contributed by atoms with Crippen LogP contribution in [-0.2, 0) is 11.2 Å². The maximum atomic E-state index is 10.7. The van der Waals surface area contributed by atoms with Crippen molar-refractivity contribution in [2.45, 2.75) is 50.7 Å². The molecule has 0 aromatic carbocycles. The Morgan fingerprint density at radius 3 is 2.94 bits per heavy atom. The lowest BCUT2D eigenvalue weighted by molar-refractivity contribution is -0.152. The van der Waals surface area contributed by atoms with Crippen LogP contribution in [0, 0.1) is 0 Å². The van der Waals surface area contributed by atoms with E-state index in [1.807, 2.05) is 6.07 Å². The van der Waals surface area contributed by atoms with Crippen LogP contribution in [0.3, 0.4) is 0 Å². The Morgan fingerprint density at radius 1 is 1.59 bits per heavy atom. The Kier molecular flexibility index (Phi) is 3.98. The Bertz CT molecular complexity index is 393. The lowest BCUT2D eigenvalue weighted by Crippen LogP contribution is -2.48. The number of hydrogen-bond acceptors (Lipinski definition) is 3. The molecule has 1 fully saturated rings.